The average molecular weight is 293 g/mol. The summed E-state index contributed by atoms with van der Waals surface area (Å²) in [7, 11) is 0. The molecule has 0 aliphatic heterocycles. The van der Waals surface area contributed by atoms with Crippen molar-refractivity contribution in [2.24, 2.45) is 0 Å². The summed E-state index contributed by atoms with van der Waals surface area (Å²) in [5.41, 5.74) is 1.22. The van der Waals surface area contributed by atoms with E-state index in [2.05, 4.69) is 29.1 Å². The zero-order valence-corrected chi connectivity index (χ0v) is 12.8. The van der Waals surface area contributed by atoms with E-state index in [9.17, 15) is 4.79 Å². The number of nitrogens with zero attached hydrogens (tertiary/aromatic N) is 2. The van der Waals surface area contributed by atoms with Gasteiger partial charge >= 0.3 is 5.97 Å². The van der Waals surface area contributed by atoms with Crippen LogP contribution >= 0.6 is 11.3 Å². The lowest BCUT2D eigenvalue weighted by atomic mass is 10.2. The van der Waals surface area contributed by atoms with E-state index in [0.717, 1.165) is 22.5 Å². The molecule has 108 valence electrons. The number of carbonyl (C=O) groups excluding carboxylic acids is 1. The van der Waals surface area contributed by atoms with Crippen LogP contribution in [-0.4, -0.2) is 29.1 Å². The number of anilines is 1. The topological polar surface area (TPSA) is 64.1 Å². The van der Waals surface area contributed by atoms with Gasteiger partial charge in [0.05, 0.1) is 12.0 Å². The molecule has 0 spiro atoms. The highest BCUT2D eigenvalue weighted by Crippen LogP contribution is 2.32. The Morgan fingerprint density at radius 3 is 2.95 bits per heavy atom. The molecule has 2 aromatic heterocycles. The summed E-state index contributed by atoms with van der Waals surface area (Å²) < 4.78 is 4.90. The largest absolute Gasteiger partial charge is 0.466 e. The molecule has 0 amide bonds. The second-order valence-electron chi connectivity index (χ2n) is 4.52. The smallest absolute Gasteiger partial charge is 0.305 e. The zero-order valence-electron chi connectivity index (χ0n) is 12.0. The third-order valence-electron chi connectivity index (χ3n) is 3.12. The van der Waals surface area contributed by atoms with Crippen molar-refractivity contribution >= 4 is 33.3 Å². The highest BCUT2D eigenvalue weighted by atomic mass is 32.1. The van der Waals surface area contributed by atoms with Gasteiger partial charge in [0.2, 0.25) is 0 Å². The molecular weight excluding hydrogens is 274 g/mol. The van der Waals surface area contributed by atoms with Crippen LogP contribution in [0.15, 0.2) is 6.33 Å². The van der Waals surface area contributed by atoms with Crippen LogP contribution in [0.2, 0.25) is 0 Å². The number of rotatable bonds is 6. The van der Waals surface area contributed by atoms with Crippen molar-refractivity contribution in [2.75, 3.05) is 18.5 Å². The first-order chi connectivity index (χ1) is 9.63. The number of fused-ring (bicyclic) bond motifs is 1. The van der Waals surface area contributed by atoms with E-state index in [-0.39, 0.29) is 5.97 Å². The molecule has 0 unspecified atom stereocenters. The van der Waals surface area contributed by atoms with Gasteiger partial charge < -0.3 is 10.1 Å². The second kappa shape index (κ2) is 6.65. The molecule has 0 bridgehead atoms. The van der Waals surface area contributed by atoms with Gasteiger partial charge in [-0.2, -0.15) is 0 Å². The molecule has 0 aromatic carbocycles. The number of ether oxygens (including phenoxy) is 1. The maximum atomic E-state index is 11.3. The molecule has 0 atom stereocenters. The molecule has 5 nitrogen and oxygen atoms in total. The van der Waals surface area contributed by atoms with E-state index < -0.39 is 0 Å². The van der Waals surface area contributed by atoms with Crippen LogP contribution in [0, 0.1) is 13.8 Å². The van der Waals surface area contributed by atoms with E-state index in [0.29, 0.717) is 19.6 Å². The Hall–Kier alpha value is -1.69. The van der Waals surface area contributed by atoms with Crippen molar-refractivity contribution in [1.82, 2.24) is 9.97 Å². The van der Waals surface area contributed by atoms with Crippen molar-refractivity contribution in [3.05, 3.63) is 16.8 Å². The first-order valence-electron chi connectivity index (χ1n) is 6.73. The normalized spacial score (nSPS) is 10.8. The van der Waals surface area contributed by atoms with E-state index in [1.54, 1.807) is 17.7 Å². The van der Waals surface area contributed by atoms with Gasteiger partial charge in [0.25, 0.3) is 0 Å². The van der Waals surface area contributed by atoms with Crippen molar-refractivity contribution < 1.29 is 9.53 Å². The lowest BCUT2D eigenvalue weighted by Gasteiger charge is -2.07. The van der Waals surface area contributed by atoms with Crippen LogP contribution in [0.1, 0.15) is 30.2 Å². The minimum Gasteiger partial charge on any atom is -0.466 e. The molecule has 0 aliphatic carbocycles. The predicted octanol–water partition coefficient (Wildman–Crippen LogP) is 3.06. The number of esters is 1. The number of hydrogen-bond acceptors (Lipinski definition) is 6. The molecule has 0 fully saturated rings. The highest BCUT2D eigenvalue weighted by molar-refractivity contribution is 7.18. The maximum absolute atomic E-state index is 11.3. The van der Waals surface area contributed by atoms with Crippen molar-refractivity contribution in [3.63, 3.8) is 0 Å². The molecular formula is C14H19N3O2S. The lowest BCUT2D eigenvalue weighted by Crippen LogP contribution is -2.09. The van der Waals surface area contributed by atoms with Crippen LogP contribution in [0.5, 0.6) is 0 Å². The summed E-state index contributed by atoms with van der Waals surface area (Å²) in [5.74, 6) is 0.699. The lowest BCUT2D eigenvalue weighted by molar-refractivity contribution is -0.143. The maximum Gasteiger partial charge on any atom is 0.305 e. The molecule has 1 N–H and O–H groups in total. The van der Waals surface area contributed by atoms with Gasteiger partial charge in [0, 0.05) is 17.8 Å². The summed E-state index contributed by atoms with van der Waals surface area (Å²) in [6.45, 7) is 7.12. The SMILES string of the molecule is CCOC(=O)CCCNc1ncnc2sc(C)c(C)c12. The van der Waals surface area contributed by atoms with Crippen LogP contribution in [0.25, 0.3) is 10.2 Å². The Bertz CT molecular complexity index is 610. The molecule has 0 saturated heterocycles. The van der Waals surface area contributed by atoms with Crippen molar-refractivity contribution in [1.29, 1.82) is 0 Å². The van der Waals surface area contributed by atoms with Crippen LogP contribution in [0.4, 0.5) is 5.82 Å². The van der Waals surface area contributed by atoms with E-state index in [1.807, 2.05) is 6.92 Å². The molecule has 2 heterocycles. The number of hydrogen-bond donors (Lipinski definition) is 1. The van der Waals surface area contributed by atoms with Gasteiger partial charge in [-0.15, -0.1) is 11.3 Å². The van der Waals surface area contributed by atoms with Crippen molar-refractivity contribution in [3.8, 4) is 0 Å². The third-order valence-corrected chi connectivity index (χ3v) is 4.24. The highest BCUT2D eigenvalue weighted by Gasteiger charge is 2.11. The minimum atomic E-state index is -0.148. The second-order valence-corrected chi connectivity index (χ2v) is 5.72. The summed E-state index contributed by atoms with van der Waals surface area (Å²) in [6, 6.07) is 0. The minimum absolute atomic E-state index is 0.148. The van der Waals surface area contributed by atoms with Gasteiger partial charge in [-0.05, 0) is 32.8 Å². The van der Waals surface area contributed by atoms with E-state index in [4.69, 9.17) is 4.74 Å². The first-order valence-corrected chi connectivity index (χ1v) is 7.55. The third kappa shape index (κ3) is 3.25. The fourth-order valence-electron chi connectivity index (χ4n) is 1.99. The molecule has 0 radical (unpaired) electrons. The summed E-state index contributed by atoms with van der Waals surface area (Å²) >= 11 is 1.68. The molecule has 0 aliphatic rings. The fraction of sp³-hybridized carbons (Fsp3) is 0.500. The Morgan fingerprint density at radius 2 is 2.20 bits per heavy atom. The van der Waals surface area contributed by atoms with Gasteiger partial charge in [0.1, 0.15) is 17.0 Å². The quantitative estimate of drug-likeness (QED) is 0.655. The van der Waals surface area contributed by atoms with E-state index in [1.165, 1.54) is 10.4 Å². The summed E-state index contributed by atoms with van der Waals surface area (Å²) in [5, 5.41) is 4.38. The van der Waals surface area contributed by atoms with Gasteiger partial charge in [0.15, 0.2) is 0 Å². The Kier molecular flexibility index (Phi) is 4.89. The molecule has 6 heteroatoms. The zero-order chi connectivity index (χ0) is 14.5. The molecule has 2 aromatic rings. The monoisotopic (exact) mass is 293 g/mol. The molecule has 0 saturated carbocycles. The summed E-state index contributed by atoms with van der Waals surface area (Å²) in [6.07, 6.45) is 2.73. The molecule has 2 rings (SSSR count). The first kappa shape index (κ1) is 14.7. The number of thiophene rings is 1. The number of aromatic nitrogens is 2. The van der Waals surface area contributed by atoms with Crippen molar-refractivity contribution in [2.45, 2.75) is 33.6 Å². The van der Waals surface area contributed by atoms with Gasteiger partial charge in [-0.1, -0.05) is 0 Å². The fourth-order valence-corrected chi connectivity index (χ4v) is 2.99. The standard InChI is InChI=1S/C14H19N3O2S/c1-4-19-11(18)6-5-7-15-13-12-9(2)10(3)20-14(12)17-8-16-13/h8H,4-7H2,1-3H3,(H,15,16,17). The van der Waals surface area contributed by atoms with Crippen LogP contribution < -0.4 is 5.32 Å². The molecule has 20 heavy (non-hydrogen) atoms. The number of aryl methyl sites for hydroxylation is 2. The number of nitrogens with one attached hydrogen (secondary N) is 1. The van der Waals surface area contributed by atoms with Crippen LogP contribution in [-0.2, 0) is 9.53 Å². The van der Waals surface area contributed by atoms with Gasteiger partial charge in [-0.25, -0.2) is 9.97 Å². The Balaban J connectivity index is 1.98. The number of carbonyl (C=O) groups is 1. The summed E-state index contributed by atoms with van der Waals surface area (Å²) in [4.78, 5) is 22.1. The van der Waals surface area contributed by atoms with Gasteiger partial charge in [-0.3, -0.25) is 4.79 Å². The van der Waals surface area contributed by atoms with Crippen LogP contribution in [0.3, 0.4) is 0 Å². The van der Waals surface area contributed by atoms with E-state index >= 15 is 0 Å². The Morgan fingerprint density at radius 1 is 1.40 bits per heavy atom. The Labute approximate surface area is 122 Å². The predicted molar refractivity (Wildman–Crippen MR) is 81.2 cm³/mol. The average Bonchev–Trinajstić information content (AvgIpc) is 2.71.